The van der Waals surface area contributed by atoms with Crippen molar-refractivity contribution in [3.8, 4) is 5.75 Å². The Hall–Kier alpha value is -2.72. The SMILES string of the molecule is CCC[C@@H]1[C@]2(CC[C@]3(C)C4C(C[C@@]13C)OC([C@H](OC(C)=O)C(C)(C)O)C[C@H]4C)C[C@@]2(C)CC[C@H](OC(=O)Oc1ccc([N+](=O)[O-])cc1)C(C)(C)C. The first kappa shape index (κ1) is 39.5. The minimum atomic E-state index is -1.22. The highest BCUT2D eigenvalue weighted by Crippen LogP contribution is 2.83. The van der Waals surface area contributed by atoms with Gasteiger partial charge in [-0.15, -0.1) is 0 Å². The Bertz CT molecular complexity index is 1460. The molecule has 4 fully saturated rings. The summed E-state index contributed by atoms with van der Waals surface area (Å²) in [6, 6.07) is 5.42. The zero-order chi connectivity index (χ0) is 37.9. The van der Waals surface area contributed by atoms with Gasteiger partial charge in [-0.1, -0.05) is 61.8 Å². The van der Waals surface area contributed by atoms with Crippen molar-refractivity contribution in [2.24, 2.45) is 44.8 Å². The number of nitro benzene ring substituents is 1. The molecule has 3 aliphatic carbocycles. The molecular formula is C41H63NO9. The molecule has 1 saturated heterocycles. The average Bonchev–Trinajstić information content (AvgIpc) is 3.51. The Morgan fingerprint density at radius 3 is 2.25 bits per heavy atom. The number of non-ortho nitro benzene ring substituents is 1. The Labute approximate surface area is 304 Å². The number of carbonyl (C=O) groups excluding carboxylic acids is 2. The van der Waals surface area contributed by atoms with Crippen molar-refractivity contribution in [3.05, 3.63) is 34.4 Å². The molecule has 0 amide bonds. The number of hydrogen-bond donors (Lipinski definition) is 1. The maximum atomic E-state index is 13.0. The van der Waals surface area contributed by atoms with Gasteiger partial charge in [0.1, 0.15) is 11.9 Å². The van der Waals surface area contributed by atoms with Gasteiger partial charge in [0.25, 0.3) is 5.69 Å². The lowest BCUT2D eigenvalue weighted by Gasteiger charge is -2.59. The maximum absolute atomic E-state index is 13.0. The van der Waals surface area contributed by atoms with Crippen LogP contribution in [0, 0.1) is 54.9 Å². The number of esters is 1. The van der Waals surface area contributed by atoms with Gasteiger partial charge in [-0.2, -0.15) is 0 Å². The van der Waals surface area contributed by atoms with Crippen molar-refractivity contribution in [1.82, 2.24) is 0 Å². The van der Waals surface area contributed by atoms with Crippen LogP contribution in [-0.4, -0.2) is 52.2 Å². The molecule has 5 rings (SSSR count). The van der Waals surface area contributed by atoms with Crippen LogP contribution in [0.15, 0.2) is 24.3 Å². The Morgan fingerprint density at radius 2 is 1.71 bits per heavy atom. The molecule has 10 heteroatoms. The van der Waals surface area contributed by atoms with Crippen LogP contribution in [0.1, 0.15) is 134 Å². The lowest BCUT2D eigenvalue weighted by molar-refractivity contribution is -0.384. The molecule has 1 spiro atoms. The first-order valence-corrected chi connectivity index (χ1v) is 19.2. The summed E-state index contributed by atoms with van der Waals surface area (Å²) in [5.74, 6) is 1.06. The Balaban J connectivity index is 1.32. The fourth-order valence-electron chi connectivity index (χ4n) is 11.6. The van der Waals surface area contributed by atoms with Crippen LogP contribution >= 0.6 is 0 Å². The summed E-state index contributed by atoms with van der Waals surface area (Å²) < 4.78 is 24.1. The number of nitro groups is 1. The first-order chi connectivity index (χ1) is 23.5. The molecule has 1 N–H and O–H groups in total. The highest BCUT2D eigenvalue weighted by Gasteiger charge is 2.77. The molecule has 0 aromatic heterocycles. The third-order valence-electron chi connectivity index (χ3n) is 14.3. The fraction of sp³-hybridized carbons (Fsp3) is 0.805. The van der Waals surface area contributed by atoms with E-state index >= 15 is 0 Å². The normalized spacial score (nSPS) is 37.1. The fourth-order valence-corrected chi connectivity index (χ4v) is 11.6. The van der Waals surface area contributed by atoms with E-state index in [1.54, 1.807) is 13.8 Å². The number of hydrogen-bond acceptors (Lipinski definition) is 9. The molecule has 1 heterocycles. The third-order valence-corrected chi connectivity index (χ3v) is 14.3. The average molecular weight is 714 g/mol. The van der Waals surface area contributed by atoms with Gasteiger partial charge in [0, 0.05) is 19.1 Å². The molecule has 0 radical (unpaired) electrons. The minimum absolute atomic E-state index is 0.0362. The summed E-state index contributed by atoms with van der Waals surface area (Å²) >= 11 is 0. The first-order valence-electron chi connectivity index (χ1n) is 19.2. The van der Waals surface area contributed by atoms with Crippen molar-refractivity contribution in [3.63, 3.8) is 0 Å². The standard InChI is InChI=1S/C41H63NO9/c1-12-13-31-40(11)23-30-33(25(2)22-29(50-30)34(37(7,8)45)48-26(3)43)39(40,10)20-21-41(31)24-38(41,9)19-18-32(36(4,5)6)51-35(44)49-28-16-14-27(15-17-28)42(46)47/h14-17,25,29-34,45H,12-13,18-24H2,1-11H3/t25-,29?,30?,31+,32+,33?,34+,38-,39-,40+,41+/m1/s1. The topological polar surface area (TPSA) is 134 Å². The van der Waals surface area contributed by atoms with Gasteiger partial charge in [0.05, 0.1) is 22.7 Å². The van der Waals surface area contributed by atoms with Gasteiger partial charge in [0.2, 0.25) is 0 Å². The molecular weight excluding hydrogens is 650 g/mol. The van der Waals surface area contributed by atoms with Crippen LogP contribution in [0.2, 0.25) is 0 Å². The number of nitrogens with zero attached hydrogens (tertiary/aromatic N) is 1. The van der Waals surface area contributed by atoms with Crippen LogP contribution in [-0.2, 0) is 19.0 Å². The van der Waals surface area contributed by atoms with Gasteiger partial charge >= 0.3 is 12.1 Å². The zero-order valence-corrected chi connectivity index (χ0v) is 32.9. The summed E-state index contributed by atoms with van der Waals surface area (Å²) in [5, 5.41) is 22.0. The highest BCUT2D eigenvalue weighted by molar-refractivity contribution is 5.66. The van der Waals surface area contributed by atoms with E-state index in [4.69, 9.17) is 18.9 Å². The number of benzene rings is 1. The molecule has 3 unspecified atom stereocenters. The van der Waals surface area contributed by atoms with E-state index in [1.807, 2.05) is 0 Å². The highest BCUT2D eigenvalue weighted by atomic mass is 16.7. The van der Waals surface area contributed by atoms with Gasteiger partial charge in [-0.25, -0.2) is 4.79 Å². The van der Waals surface area contributed by atoms with Crippen LogP contribution in [0.4, 0.5) is 10.5 Å². The molecule has 4 aliphatic rings. The second-order valence-electron chi connectivity index (χ2n) is 19.0. The molecule has 286 valence electrons. The number of aliphatic hydroxyl groups is 1. The Morgan fingerprint density at radius 1 is 1.06 bits per heavy atom. The van der Waals surface area contributed by atoms with Crippen molar-refractivity contribution in [2.75, 3.05) is 0 Å². The van der Waals surface area contributed by atoms with Crippen LogP contribution in [0.5, 0.6) is 5.75 Å². The summed E-state index contributed by atoms with van der Waals surface area (Å²) in [7, 11) is 0. The molecule has 11 atom stereocenters. The second kappa shape index (κ2) is 13.6. The predicted molar refractivity (Wildman–Crippen MR) is 194 cm³/mol. The van der Waals surface area contributed by atoms with E-state index in [2.05, 4.69) is 55.4 Å². The van der Waals surface area contributed by atoms with E-state index in [9.17, 15) is 24.8 Å². The molecule has 51 heavy (non-hydrogen) atoms. The number of fused-ring (bicyclic) bond motifs is 3. The maximum Gasteiger partial charge on any atom is 0.514 e. The molecule has 0 bridgehead atoms. The van der Waals surface area contributed by atoms with Crippen molar-refractivity contribution in [1.29, 1.82) is 0 Å². The lowest BCUT2D eigenvalue weighted by Crippen LogP contribution is -2.55. The smallest absolute Gasteiger partial charge is 0.457 e. The monoisotopic (exact) mass is 713 g/mol. The van der Waals surface area contributed by atoms with E-state index in [-0.39, 0.29) is 56.8 Å². The zero-order valence-electron chi connectivity index (χ0n) is 32.9. The molecule has 1 aliphatic heterocycles. The largest absolute Gasteiger partial charge is 0.514 e. The van der Waals surface area contributed by atoms with Crippen molar-refractivity contribution >= 4 is 17.8 Å². The minimum Gasteiger partial charge on any atom is -0.457 e. The summed E-state index contributed by atoms with van der Waals surface area (Å²) in [5.41, 5.74) is -1.15. The van der Waals surface area contributed by atoms with E-state index in [0.717, 1.165) is 44.9 Å². The van der Waals surface area contributed by atoms with Gasteiger partial charge in [0.15, 0.2) is 6.10 Å². The van der Waals surface area contributed by atoms with E-state index < -0.39 is 28.8 Å². The molecule has 1 aromatic rings. The molecule has 10 nitrogen and oxygen atoms in total. The van der Waals surface area contributed by atoms with Crippen LogP contribution in [0.3, 0.4) is 0 Å². The molecule has 3 saturated carbocycles. The number of ether oxygens (including phenoxy) is 4. The van der Waals surface area contributed by atoms with Crippen molar-refractivity contribution in [2.45, 2.75) is 164 Å². The van der Waals surface area contributed by atoms with Gasteiger partial charge in [-0.3, -0.25) is 14.9 Å². The number of carbonyl (C=O) groups is 2. The third kappa shape index (κ3) is 7.17. The van der Waals surface area contributed by atoms with E-state index in [0.29, 0.717) is 24.2 Å². The van der Waals surface area contributed by atoms with Crippen molar-refractivity contribution < 1.29 is 38.6 Å². The quantitative estimate of drug-likeness (QED) is 0.103. The van der Waals surface area contributed by atoms with Gasteiger partial charge in [-0.05, 0) is 122 Å². The lowest BCUT2D eigenvalue weighted by atomic mass is 9.46. The van der Waals surface area contributed by atoms with Crippen LogP contribution in [0.25, 0.3) is 0 Å². The van der Waals surface area contributed by atoms with Gasteiger partial charge < -0.3 is 24.1 Å². The van der Waals surface area contributed by atoms with Crippen LogP contribution < -0.4 is 4.74 Å². The summed E-state index contributed by atoms with van der Waals surface area (Å²) in [4.78, 5) is 35.6. The summed E-state index contributed by atoms with van der Waals surface area (Å²) in [6.45, 7) is 23.2. The second-order valence-corrected chi connectivity index (χ2v) is 19.0. The molecule has 1 aromatic carbocycles. The summed E-state index contributed by atoms with van der Waals surface area (Å²) in [6.07, 6.45) is 6.86. The Kier molecular flexibility index (Phi) is 10.5. The predicted octanol–water partition coefficient (Wildman–Crippen LogP) is 9.44. The van der Waals surface area contributed by atoms with E-state index in [1.165, 1.54) is 37.6 Å². The number of rotatable bonds is 11.